The molecule has 0 amide bonds. The Kier molecular flexibility index (Phi) is 6.13. The molecule has 6 heteroatoms. The van der Waals surface area contributed by atoms with E-state index in [-0.39, 0.29) is 12.1 Å². The maximum Gasteiger partial charge on any atom is 0.335 e. The SMILES string of the molecule is COc1cc(C)c2[nH]ccc2c1CN1CC[C@H](OC2CCC2)C[C@@H]1c1ccc(C(=O)O)cc1. The lowest BCUT2D eigenvalue weighted by molar-refractivity contribution is -0.0866. The summed E-state index contributed by atoms with van der Waals surface area (Å²) in [6.45, 7) is 3.78. The van der Waals surface area contributed by atoms with Gasteiger partial charge in [0.2, 0.25) is 0 Å². The third kappa shape index (κ3) is 4.37. The van der Waals surface area contributed by atoms with E-state index in [1.807, 2.05) is 18.3 Å². The number of aromatic nitrogens is 1. The molecule has 1 saturated carbocycles. The molecular weight excluding hydrogens is 416 g/mol. The second kappa shape index (κ2) is 9.20. The largest absolute Gasteiger partial charge is 0.496 e. The van der Waals surface area contributed by atoms with Crippen LogP contribution in [0.25, 0.3) is 10.9 Å². The van der Waals surface area contributed by atoms with Crippen molar-refractivity contribution in [3.8, 4) is 5.75 Å². The highest BCUT2D eigenvalue weighted by Crippen LogP contribution is 2.39. The Balaban J connectivity index is 1.46. The van der Waals surface area contributed by atoms with E-state index in [0.29, 0.717) is 11.7 Å². The molecule has 1 saturated heterocycles. The minimum Gasteiger partial charge on any atom is -0.496 e. The van der Waals surface area contributed by atoms with Gasteiger partial charge in [0.15, 0.2) is 0 Å². The van der Waals surface area contributed by atoms with Gasteiger partial charge in [-0.25, -0.2) is 4.79 Å². The second-order valence-corrected chi connectivity index (χ2v) is 9.39. The highest BCUT2D eigenvalue weighted by Gasteiger charge is 2.33. The molecule has 5 rings (SSSR count). The van der Waals surface area contributed by atoms with Gasteiger partial charge in [0, 0.05) is 41.8 Å². The number of likely N-dealkylation sites (tertiary alicyclic amines) is 1. The van der Waals surface area contributed by atoms with Crippen LogP contribution in [0.2, 0.25) is 0 Å². The summed E-state index contributed by atoms with van der Waals surface area (Å²) >= 11 is 0. The Hall–Kier alpha value is -2.83. The van der Waals surface area contributed by atoms with Crippen LogP contribution in [0.5, 0.6) is 5.75 Å². The normalized spacial score (nSPS) is 21.8. The van der Waals surface area contributed by atoms with Crippen molar-refractivity contribution < 1.29 is 19.4 Å². The Labute approximate surface area is 194 Å². The number of carbonyl (C=O) groups is 1. The van der Waals surface area contributed by atoms with Crippen LogP contribution in [0.1, 0.15) is 65.2 Å². The molecule has 0 unspecified atom stereocenters. The van der Waals surface area contributed by atoms with Crippen molar-refractivity contribution in [2.75, 3.05) is 13.7 Å². The number of hydrogen-bond donors (Lipinski definition) is 2. The van der Waals surface area contributed by atoms with Crippen LogP contribution in [-0.2, 0) is 11.3 Å². The van der Waals surface area contributed by atoms with Crippen molar-refractivity contribution in [3.05, 3.63) is 64.8 Å². The number of benzene rings is 2. The maximum atomic E-state index is 11.4. The first-order valence-corrected chi connectivity index (χ1v) is 11.9. The van der Waals surface area contributed by atoms with Gasteiger partial charge < -0.3 is 19.6 Å². The van der Waals surface area contributed by atoms with E-state index in [9.17, 15) is 9.90 Å². The molecule has 2 N–H and O–H groups in total. The third-order valence-electron chi connectivity index (χ3n) is 7.34. The summed E-state index contributed by atoms with van der Waals surface area (Å²) in [6, 6.07) is 11.7. The lowest BCUT2D eigenvalue weighted by Gasteiger charge is -2.42. The molecule has 0 radical (unpaired) electrons. The maximum absolute atomic E-state index is 11.4. The fraction of sp³-hybridized carbons (Fsp3) is 0.444. The zero-order valence-electron chi connectivity index (χ0n) is 19.3. The molecule has 174 valence electrons. The number of nitrogens with zero attached hydrogens (tertiary/aromatic N) is 1. The minimum absolute atomic E-state index is 0.159. The van der Waals surface area contributed by atoms with Gasteiger partial charge in [0.25, 0.3) is 0 Å². The number of aromatic amines is 1. The van der Waals surface area contributed by atoms with E-state index in [0.717, 1.165) is 42.8 Å². The molecular formula is C27H32N2O4. The first kappa shape index (κ1) is 22.0. The summed E-state index contributed by atoms with van der Waals surface area (Å²) in [7, 11) is 1.73. The highest BCUT2D eigenvalue weighted by molar-refractivity contribution is 5.88. The van der Waals surface area contributed by atoms with Gasteiger partial charge in [-0.15, -0.1) is 0 Å². The first-order chi connectivity index (χ1) is 16.0. The molecule has 1 aliphatic heterocycles. The zero-order chi connectivity index (χ0) is 22.9. The van der Waals surface area contributed by atoms with Gasteiger partial charge in [-0.3, -0.25) is 4.90 Å². The van der Waals surface area contributed by atoms with Crippen LogP contribution >= 0.6 is 0 Å². The number of aryl methyl sites for hydroxylation is 1. The number of rotatable bonds is 7. The summed E-state index contributed by atoms with van der Waals surface area (Å²) in [5, 5.41) is 10.5. The molecule has 2 fully saturated rings. The van der Waals surface area contributed by atoms with Gasteiger partial charge >= 0.3 is 5.97 Å². The van der Waals surface area contributed by atoms with Gasteiger partial charge in [0.1, 0.15) is 5.75 Å². The molecule has 2 heterocycles. The topological polar surface area (TPSA) is 74.8 Å². The van der Waals surface area contributed by atoms with Crippen LogP contribution in [0, 0.1) is 6.92 Å². The number of methoxy groups -OCH3 is 1. The lowest BCUT2D eigenvalue weighted by Crippen LogP contribution is -2.41. The number of carboxylic acid groups (broad SMARTS) is 1. The van der Waals surface area contributed by atoms with Crippen LogP contribution in [0.4, 0.5) is 0 Å². The standard InChI is InChI=1S/C27H32N2O4/c1-17-14-25(32-2)23(22-10-12-28-26(17)22)16-29-13-11-21(33-20-4-3-5-20)15-24(29)18-6-8-19(9-7-18)27(30)31/h6-10,12,14,20-21,24,28H,3-5,11,13,15-16H2,1-2H3,(H,30,31)/t21-,24+/m0/s1. The van der Waals surface area contributed by atoms with E-state index in [2.05, 4.69) is 28.9 Å². The molecule has 2 aromatic carbocycles. The van der Waals surface area contributed by atoms with Gasteiger partial charge in [-0.05, 0) is 74.4 Å². The number of aromatic carboxylic acids is 1. The second-order valence-electron chi connectivity index (χ2n) is 9.39. The van der Waals surface area contributed by atoms with Crippen molar-refractivity contribution in [1.29, 1.82) is 0 Å². The Bertz CT molecular complexity index is 1130. The number of ether oxygens (including phenoxy) is 2. The average molecular weight is 449 g/mol. The van der Waals surface area contributed by atoms with E-state index < -0.39 is 5.97 Å². The van der Waals surface area contributed by atoms with E-state index in [1.165, 1.54) is 35.8 Å². The molecule has 2 aliphatic rings. The highest BCUT2D eigenvalue weighted by atomic mass is 16.5. The van der Waals surface area contributed by atoms with E-state index in [1.54, 1.807) is 19.2 Å². The third-order valence-corrected chi connectivity index (χ3v) is 7.34. The molecule has 33 heavy (non-hydrogen) atoms. The molecule has 0 spiro atoms. The zero-order valence-corrected chi connectivity index (χ0v) is 19.3. The van der Waals surface area contributed by atoms with Crippen LogP contribution in [0.3, 0.4) is 0 Å². The van der Waals surface area contributed by atoms with Crippen molar-refractivity contribution in [3.63, 3.8) is 0 Å². The number of piperidine rings is 1. The number of fused-ring (bicyclic) bond motifs is 1. The van der Waals surface area contributed by atoms with E-state index >= 15 is 0 Å². The summed E-state index contributed by atoms with van der Waals surface area (Å²) in [5.74, 6) is 0.0138. The predicted octanol–water partition coefficient (Wildman–Crippen LogP) is 5.46. The van der Waals surface area contributed by atoms with Crippen molar-refractivity contribution >= 4 is 16.9 Å². The summed E-state index contributed by atoms with van der Waals surface area (Å²) in [4.78, 5) is 17.2. The van der Waals surface area contributed by atoms with Gasteiger partial charge in [0.05, 0.1) is 24.9 Å². The summed E-state index contributed by atoms with van der Waals surface area (Å²) in [6.07, 6.45) is 8.16. The van der Waals surface area contributed by atoms with Crippen LogP contribution < -0.4 is 4.74 Å². The van der Waals surface area contributed by atoms with Crippen molar-refractivity contribution in [2.24, 2.45) is 0 Å². The van der Waals surface area contributed by atoms with Crippen molar-refractivity contribution in [1.82, 2.24) is 9.88 Å². The Morgan fingerprint density at radius 3 is 2.61 bits per heavy atom. The predicted molar refractivity (Wildman–Crippen MR) is 128 cm³/mol. The van der Waals surface area contributed by atoms with Gasteiger partial charge in [-0.1, -0.05) is 12.1 Å². The molecule has 6 nitrogen and oxygen atoms in total. The molecule has 2 atom stereocenters. The van der Waals surface area contributed by atoms with E-state index in [4.69, 9.17) is 9.47 Å². The number of carboxylic acids is 1. The van der Waals surface area contributed by atoms with Crippen molar-refractivity contribution in [2.45, 2.75) is 63.8 Å². The fourth-order valence-electron chi connectivity index (χ4n) is 5.25. The summed E-state index contributed by atoms with van der Waals surface area (Å²) in [5.41, 5.74) is 4.96. The Morgan fingerprint density at radius 2 is 1.94 bits per heavy atom. The fourth-order valence-corrected chi connectivity index (χ4v) is 5.25. The average Bonchev–Trinajstić information content (AvgIpc) is 3.29. The van der Waals surface area contributed by atoms with Crippen LogP contribution in [0.15, 0.2) is 42.6 Å². The van der Waals surface area contributed by atoms with Gasteiger partial charge in [-0.2, -0.15) is 0 Å². The number of hydrogen-bond acceptors (Lipinski definition) is 4. The first-order valence-electron chi connectivity index (χ1n) is 11.9. The quantitative estimate of drug-likeness (QED) is 0.502. The number of H-pyrrole nitrogens is 1. The summed E-state index contributed by atoms with van der Waals surface area (Å²) < 4.78 is 12.2. The molecule has 3 aromatic rings. The molecule has 1 aliphatic carbocycles. The monoisotopic (exact) mass is 448 g/mol. The molecule has 0 bridgehead atoms. The Morgan fingerprint density at radius 1 is 1.15 bits per heavy atom. The minimum atomic E-state index is -0.896. The van der Waals surface area contributed by atoms with Crippen LogP contribution in [-0.4, -0.2) is 46.8 Å². The lowest BCUT2D eigenvalue weighted by atomic mass is 9.90. The smallest absolute Gasteiger partial charge is 0.335 e. The number of nitrogens with one attached hydrogen (secondary N) is 1. The molecule has 1 aromatic heterocycles.